The van der Waals surface area contributed by atoms with Crippen molar-refractivity contribution in [3.63, 3.8) is 0 Å². The van der Waals surface area contributed by atoms with Crippen LogP contribution >= 0.6 is 12.2 Å². The fourth-order valence-electron chi connectivity index (χ4n) is 3.79. The molecule has 4 aromatic rings. The topological polar surface area (TPSA) is 106 Å². The van der Waals surface area contributed by atoms with E-state index in [4.69, 9.17) is 26.1 Å². The number of rotatable bonds is 7. The maximum Gasteiger partial charge on any atom is 0.264 e. The van der Waals surface area contributed by atoms with E-state index in [1.807, 2.05) is 18.2 Å². The number of methoxy groups -OCH3 is 2. The Morgan fingerprint density at radius 3 is 2.50 bits per heavy atom. The fourth-order valence-corrected chi connectivity index (χ4v) is 4.00. The van der Waals surface area contributed by atoms with Crippen molar-refractivity contribution >= 4 is 40.0 Å². The monoisotopic (exact) mass is 505 g/mol. The lowest BCUT2D eigenvalue weighted by Crippen LogP contribution is -2.34. The number of thiocarbonyl (C=S) groups is 1. The zero-order valence-corrected chi connectivity index (χ0v) is 21.2. The number of nitrogens with zero attached hydrogens (tertiary/aromatic N) is 1. The third-order valence-corrected chi connectivity index (χ3v) is 6.16. The maximum atomic E-state index is 12.9. The number of aromatic nitrogens is 1. The van der Waals surface area contributed by atoms with Crippen molar-refractivity contribution in [2.24, 2.45) is 0 Å². The minimum atomic E-state index is -0.489. The Morgan fingerprint density at radius 2 is 1.83 bits per heavy atom. The van der Waals surface area contributed by atoms with E-state index in [0.717, 1.165) is 6.42 Å². The molecular formula is C27H27N3O5S. The Labute approximate surface area is 214 Å². The number of ether oxygens (including phenoxy) is 2. The molecule has 1 aromatic heterocycles. The van der Waals surface area contributed by atoms with Gasteiger partial charge in [-0.3, -0.25) is 10.1 Å². The number of amides is 1. The van der Waals surface area contributed by atoms with Gasteiger partial charge in [0.25, 0.3) is 5.91 Å². The van der Waals surface area contributed by atoms with Gasteiger partial charge in [0, 0.05) is 5.69 Å². The van der Waals surface area contributed by atoms with Crippen LogP contribution in [0.4, 0.5) is 5.69 Å². The predicted molar refractivity (Wildman–Crippen MR) is 143 cm³/mol. The molecule has 9 heteroatoms. The maximum absolute atomic E-state index is 12.9. The first-order chi connectivity index (χ1) is 17.3. The van der Waals surface area contributed by atoms with Gasteiger partial charge < -0.3 is 24.3 Å². The second-order valence-corrected chi connectivity index (χ2v) is 8.64. The van der Waals surface area contributed by atoms with Crippen molar-refractivity contribution in [3.05, 3.63) is 65.7 Å². The normalized spacial score (nSPS) is 11.7. The van der Waals surface area contributed by atoms with E-state index in [-0.39, 0.29) is 22.3 Å². The molecule has 186 valence electrons. The van der Waals surface area contributed by atoms with Crippen LogP contribution in [0.1, 0.15) is 42.1 Å². The number of anilines is 1. The predicted octanol–water partition coefficient (Wildman–Crippen LogP) is 5.86. The molecule has 0 aliphatic rings. The highest BCUT2D eigenvalue weighted by molar-refractivity contribution is 7.80. The van der Waals surface area contributed by atoms with Crippen LogP contribution in [0.5, 0.6) is 17.2 Å². The summed E-state index contributed by atoms with van der Waals surface area (Å²) in [6, 6.07) is 15.8. The molecule has 0 saturated heterocycles. The summed E-state index contributed by atoms with van der Waals surface area (Å²) >= 11 is 5.34. The van der Waals surface area contributed by atoms with Crippen LogP contribution in [-0.4, -0.2) is 35.3 Å². The molecule has 0 unspecified atom stereocenters. The van der Waals surface area contributed by atoms with Gasteiger partial charge >= 0.3 is 0 Å². The Morgan fingerprint density at radius 1 is 1.11 bits per heavy atom. The minimum Gasteiger partial charge on any atom is -0.507 e. The molecule has 1 heterocycles. The summed E-state index contributed by atoms with van der Waals surface area (Å²) in [4.78, 5) is 17.5. The van der Waals surface area contributed by atoms with E-state index in [1.165, 1.54) is 25.8 Å². The molecule has 8 nitrogen and oxygen atoms in total. The lowest BCUT2D eigenvalue weighted by Gasteiger charge is -2.14. The number of carbonyl (C=O) groups excluding carboxylic acids is 1. The zero-order valence-electron chi connectivity index (χ0n) is 20.4. The summed E-state index contributed by atoms with van der Waals surface area (Å²) in [7, 11) is 2.94. The molecular weight excluding hydrogens is 478 g/mol. The van der Waals surface area contributed by atoms with Crippen molar-refractivity contribution in [3.8, 4) is 28.7 Å². The fraction of sp³-hybridized carbons (Fsp3) is 0.222. The first kappa shape index (κ1) is 25.0. The smallest absolute Gasteiger partial charge is 0.264 e. The van der Waals surface area contributed by atoms with Crippen LogP contribution in [0, 0.1) is 0 Å². The number of hydrogen-bond donors (Lipinski definition) is 3. The van der Waals surface area contributed by atoms with Gasteiger partial charge in [-0.05, 0) is 72.6 Å². The standard InChI is InChI=1S/C27H27N3O5S/c1-5-15(2)16-9-12-21-19(13-16)29-26(35-21)18-14-17(10-11-20(18)31)28-27(36)30-25(32)24-22(33-3)7-6-8-23(24)34-4/h6-15,31H,5H2,1-4H3,(H2,28,30,32,36)/t15-/m0/s1. The van der Waals surface area contributed by atoms with Crippen LogP contribution < -0.4 is 20.1 Å². The van der Waals surface area contributed by atoms with E-state index in [2.05, 4.69) is 29.5 Å². The van der Waals surface area contributed by atoms with E-state index in [1.54, 1.807) is 30.3 Å². The van der Waals surface area contributed by atoms with Gasteiger partial charge in [0.05, 0.1) is 19.8 Å². The Hall–Kier alpha value is -4.11. The first-order valence-corrected chi connectivity index (χ1v) is 11.8. The highest BCUT2D eigenvalue weighted by Gasteiger charge is 2.20. The number of aromatic hydroxyl groups is 1. The summed E-state index contributed by atoms with van der Waals surface area (Å²) in [6.45, 7) is 4.30. The highest BCUT2D eigenvalue weighted by Crippen LogP contribution is 2.34. The summed E-state index contributed by atoms with van der Waals surface area (Å²) in [5, 5.41) is 16.1. The van der Waals surface area contributed by atoms with E-state index in [9.17, 15) is 9.90 Å². The lowest BCUT2D eigenvalue weighted by atomic mass is 9.98. The summed E-state index contributed by atoms with van der Waals surface area (Å²) in [5.74, 6) is 0.909. The van der Waals surface area contributed by atoms with Crippen LogP contribution in [-0.2, 0) is 0 Å². The van der Waals surface area contributed by atoms with E-state index in [0.29, 0.717) is 39.8 Å². The number of carbonyl (C=O) groups is 1. The third kappa shape index (κ3) is 5.11. The van der Waals surface area contributed by atoms with Crippen molar-refractivity contribution in [1.82, 2.24) is 10.3 Å². The summed E-state index contributed by atoms with van der Waals surface area (Å²) < 4.78 is 16.5. The number of phenolic OH excluding ortho intramolecular Hbond substituents is 1. The Bertz CT molecular complexity index is 1410. The van der Waals surface area contributed by atoms with Gasteiger partial charge in [0.2, 0.25) is 5.89 Å². The van der Waals surface area contributed by atoms with Crippen molar-refractivity contribution in [1.29, 1.82) is 0 Å². The quantitative estimate of drug-likeness (QED) is 0.212. The molecule has 0 spiro atoms. The molecule has 1 atom stereocenters. The van der Waals surface area contributed by atoms with Crippen LogP contribution in [0.15, 0.2) is 59.0 Å². The zero-order chi connectivity index (χ0) is 25.8. The van der Waals surface area contributed by atoms with E-state index >= 15 is 0 Å². The van der Waals surface area contributed by atoms with Crippen molar-refractivity contribution in [2.45, 2.75) is 26.2 Å². The third-order valence-electron chi connectivity index (χ3n) is 5.96. The first-order valence-electron chi connectivity index (χ1n) is 11.4. The lowest BCUT2D eigenvalue weighted by molar-refractivity contribution is 0.0971. The minimum absolute atomic E-state index is 0.00275. The SMILES string of the molecule is CC[C@H](C)c1ccc2oc(-c3cc(NC(=S)NC(=O)c4c(OC)cccc4OC)ccc3O)nc2c1. The molecule has 0 bridgehead atoms. The second-order valence-electron chi connectivity index (χ2n) is 8.23. The summed E-state index contributed by atoms with van der Waals surface area (Å²) in [6.07, 6.45) is 1.02. The molecule has 0 aliphatic heterocycles. The van der Waals surface area contributed by atoms with Gasteiger partial charge in [0.15, 0.2) is 10.7 Å². The number of nitrogens with one attached hydrogen (secondary N) is 2. The van der Waals surface area contributed by atoms with Gasteiger partial charge in [-0.1, -0.05) is 26.0 Å². The largest absolute Gasteiger partial charge is 0.507 e. The number of phenols is 1. The van der Waals surface area contributed by atoms with Crippen molar-refractivity contribution < 1.29 is 23.8 Å². The Balaban J connectivity index is 1.55. The van der Waals surface area contributed by atoms with E-state index < -0.39 is 5.91 Å². The molecule has 36 heavy (non-hydrogen) atoms. The van der Waals surface area contributed by atoms with Gasteiger partial charge in [0.1, 0.15) is 28.3 Å². The highest BCUT2D eigenvalue weighted by atomic mass is 32.1. The second kappa shape index (κ2) is 10.7. The molecule has 4 rings (SSSR count). The number of benzene rings is 3. The summed E-state index contributed by atoms with van der Waals surface area (Å²) in [5.41, 5.74) is 3.67. The number of oxazole rings is 1. The molecule has 3 N–H and O–H groups in total. The van der Waals surface area contributed by atoms with Crippen LogP contribution in [0.2, 0.25) is 0 Å². The molecule has 0 fully saturated rings. The van der Waals surface area contributed by atoms with Crippen molar-refractivity contribution in [2.75, 3.05) is 19.5 Å². The van der Waals surface area contributed by atoms with Crippen LogP contribution in [0.25, 0.3) is 22.6 Å². The molecule has 1 amide bonds. The number of fused-ring (bicyclic) bond motifs is 1. The van der Waals surface area contributed by atoms with Gasteiger partial charge in [-0.25, -0.2) is 4.98 Å². The molecule has 0 radical (unpaired) electrons. The Kier molecular flexibility index (Phi) is 7.40. The molecule has 3 aromatic carbocycles. The van der Waals surface area contributed by atoms with Crippen LogP contribution in [0.3, 0.4) is 0 Å². The van der Waals surface area contributed by atoms with Gasteiger partial charge in [-0.15, -0.1) is 0 Å². The average molecular weight is 506 g/mol. The molecule has 0 saturated carbocycles. The molecule has 0 aliphatic carbocycles. The average Bonchev–Trinajstić information content (AvgIpc) is 3.31. The van der Waals surface area contributed by atoms with Gasteiger partial charge in [-0.2, -0.15) is 0 Å². The number of hydrogen-bond acceptors (Lipinski definition) is 7.